The van der Waals surface area contributed by atoms with Crippen LogP contribution in [0.15, 0.2) is 41.0 Å². The Morgan fingerprint density at radius 3 is 2.20 bits per heavy atom. The molecule has 0 aliphatic carbocycles. The number of hydrogen-bond acceptors (Lipinski definition) is 5. The first-order valence-corrected chi connectivity index (χ1v) is 13.6. The van der Waals surface area contributed by atoms with E-state index < -0.39 is 8.32 Å². The summed E-state index contributed by atoms with van der Waals surface area (Å²) in [5.74, 6) is 0.751. The Kier molecular flexibility index (Phi) is 11.0. The van der Waals surface area contributed by atoms with Crippen molar-refractivity contribution < 1.29 is 18.4 Å². The zero-order valence-electron chi connectivity index (χ0n) is 19.4. The van der Waals surface area contributed by atoms with Gasteiger partial charge in [0.2, 0.25) is 5.89 Å². The second-order valence-corrected chi connectivity index (χ2v) is 14.0. The lowest BCUT2D eigenvalue weighted by atomic mass is 10.0. The predicted molar refractivity (Wildman–Crippen MR) is 121 cm³/mol. The molecular formula is C24H37NO4Si. The Morgan fingerprint density at radius 2 is 1.67 bits per heavy atom. The van der Waals surface area contributed by atoms with Gasteiger partial charge >= 0.3 is 6.15 Å². The van der Waals surface area contributed by atoms with E-state index in [1.807, 2.05) is 6.92 Å². The lowest BCUT2D eigenvalue weighted by Crippen LogP contribution is -2.41. The largest absolute Gasteiger partial charge is 0.446 e. The smallest absolute Gasteiger partial charge is 0.373 e. The second kappa shape index (κ2) is 12.6. The Balaban J connectivity index is 0.00000141. The maximum Gasteiger partial charge on any atom is 0.373 e. The molecule has 30 heavy (non-hydrogen) atoms. The van der Waals surface area contributed by atoms with Crippen molar-refractivity contribution in [3.63, 3.8) is 0 Å². The van der Waals surface area contributed by atoms with Gasteiger partial charge < -0.3 is 8.84 Å². The average molecular weight is 432 g/mol. The Bertz CT molecular complexity index is 759. The normalized spacial score (nSPS) is 12.6. The molecule has 0 bridgehead atoms. The van der Waals surface area contributed by atoms with E-state index in [1.54, 1.807) is 6.26 Å². The third kappa shape index (κ3) is 9.20. The maximum atomic E-state index is 8.12. The molecule has 1 unspecified atom stereocenters. The zero-order valence-corrected chi connectivity index (χ0v) is 20.4. The summed E-state index contributed by atoms with van der Waals surface area (Å²) < 4.78 is 12.4. The molecule has 5 nitrogen and oxygen atoms in total. The molecule has 2 aromatic rings. The van der Waals surface area contributed by atoms with Crippen molar-refractivity contribution in [2.24, 2.45) is 0 Å². The van der Waals surface area contributed by atoms with Crippen molar-refractivity contribution >= 4 is 14.5 Å². The van der Waals surface area contributed by atoms with Crippen LogP contribution >= 0.6 is 0 Å². The molecule has 6 heteroatoms. The number of benzene rings is 1. The van der Waals surface area contributed by atoms with Crippen molar-refractivity contribution in [2.75, 3.05) is 0 Å². The number of hydrogen-bond donors (Lipinski definition) is 0. The van der Waals surface area contributed by atoms with E-state index in [2.05, 4.69) is 69.2 Å². The Hall–Kier alpha value is -2.01. The first kappa shape index (κ1) is 26.0. The van der Waals surface area contributed by atoms with Crippen LogP contribution < -0.4 is 0 Å². The second-order valence-electron chi connectivity index (χ2n) is 9.22. The summed E-state index contributed by atoms with van der Waals surface area (Å²) in [5.41, 5.74) is 2.36. The minimum Gasteiger partial charge on any atom is -0.446 e. The Morgan fingerprint density at radius 1 is 1.07 bits per heavy atom. The summed E-state index contributed by atoms with van der Waals surface area (Å²) in [6.45, 7) is 13.4. The van der Waals surface area contributed by atoms with E-state index >= 15 is 0 Å². The molecule has 0 aliphatic rings. The monoisotopic (exact) mass is 431 g/mol. The van der Waals surface area contributed by atoms with E-state index in [-0.39, 0.29) is 17.3 Å². The van der Waals surface area contributed by atoms with Gasteiger partial charge in [0, 0.05) is 0 Å². The van der Waals surface area contributed by atoms with Crippen LogP contribution in [0.1, 0.15) is 76.1 Å². The quantitative estimate of drug-likeness (QED) is 0.311. The van der Waals surface area contributed by atoms with E-state index in [0.29, 0.717) is 0 Å². The predicted octanol–water partition coefficient (Wildman–Crippen LogP) is 6.66. The third-order valence-corrected chi connectivity index (χ3v) is 10.2. The molecule has 0 fully saturated rings. The number of nitrogens with zero attached hydrogens (tertiary/aromatic N) is 1. The molecule has 0 saturated heterocycles. The molecular weight excluding hydrogens is 394 g/mol. The molecule has 0 radical (unpaired) electrons. The molecule has 0 N–H and O–H groups in total. The van der Waals surface area contributed by atoms with Crippen molar-refractivity contribution in [2.45, 2.75) is 90.5 Å². The number of carbonyl (C=O) groups excluding carboxylic acids is 2. The third-order valence-electron chi connectivity index (χ3n) is 5.68. The van der Waals surface area contributed by atoms with Crippen LogP contribution in [0.3, 0.4) is 0 Å². The molecule has 1 heterocycles. The summed E-state index contributed by atoms with van der Waals surface area (Å²) in [4.78, 5) is 20.8. The molecule has 1 aromatic carbocycles. The summed E-state index contributed by atoms with van der Waals surface area (Å²) in [6.07, 6.45) is 8.99. The Labute approximate surface area is 182 Å². The minimum absolute atomic E-state index is 0.0197. The van der Waals surface area contributed by atoms with Crippen LogP contribution in [0.25, 0.3) is 0 Å². The number of unbranched alkanes of at least 4 members (excludes halogenated alkanes) is 3. The van der Waals surface area contributed by atoms with E-state index in [9.17, 15) is 0 Å². The zero-order chi connectivity index (χ0) is 22.6. The topological polar surface area (TPSA) is 69.4 Å². The van der Waals surface area contributed by atoms with Gasteiger partial charge in [-0.15, -0.1) is 0 Å². The van der Waals surface area contributed by atoms with E-state index in [0.717, 1.165) is 24.4 Å². The summed E-state index contributed by atoms with van der Waals surface area (Å²) in [7, 11) is -1.86. The van der Waals surface area contributed by atoms with Gasteiger partial charge in [0.05, 0.1) is 5.69 Å². The van der Waals surface area contributed by atoms with Gasteiger partial charge in [0.1, 0.15) is 12.4 Å². The lowest BCUT2D eigenvalue weighted by Gasteiger charge is -2.38. The van der Waals surface area contributed by atoms with Gasteiger partial charge in [-0.05, 0) is 49.9 Å². The molecule has 2 rings (SSSR count). The highest BCUT2D eigenvalue weighted by molar-refractivity contribution is 6.74. The molecule has 0 saturated carbocycles. The lowest BCUT2D eigenvalue weighted by molar-refractivity contribution is -0.191. The summed E-state index contributed by atoms with van der Waals surface area (Å²) in [5, 5.41) is 0.183. The average Bonchev–Trinajstić information content (AvgIpc) is 3.10. The van der Waals surface area contributed by atoms with Crippen molar-refractivity contribution in [1.82, 2.24) is 4.98 Å². The highest BCUT2D eigenvalue weighted by Gasteiger charge is 2.40. The van der Waals surface area contributed by atoms with E-state index in [1.165, 1.54) is 31.2 Å². The number of rotatable bonds is 10. The maximum absolute atomic E-state index is 8.12. The van der Waals surface area contributed by atoms with Crippen LogP contribution in [0.4, 0.5) is 0 Å². The minimum atomic E-state index is -1.86. The van der Waals surface area contributed by atoms with Gasteiger partial charge in [-0.1, -0.05) is 70.4 Å². The summed E-state index contributed by atoms with van der Waals surface area (Å²) in [6, 6.07) is 10.8. The summed E-state index contributed by atoms with van der Waals surface area (Å²) >= 11 is 0. The molecule has 1 aromatic heterocycles. The molecule has 1 atom stereocenters. The highest BCUT2D eigenvalue weighted by Crippen LogP contribution is 2.40. The number of oxazole rings is 1. The van der Waals surface area contributed by atoms with Crippen LogP contribution in [0, 0.1) is 6.92 Å². The van der Waals surface area contributed by atoms with Gasteiger partial charge in [-0.3, -0.25) is 0 Å². The van der Waals surface area contributed by atoms with Crippen LogP contribution in [0.2, 0.25) is 18.1 Å². The first-order chi connectivity index (χ1) is 14.1. The highest BCUT2D eigenvalue weighted by atomic mass is 28.4. The van der Waals surface area contributed by atoms with Crippen LogP contribution in [-0.4, -0.2) is 19.5 Å². The van der Waals surface area contributed by atoms with Crippen molar-refractivity contribution in [3.05, 3.63) is 53.7 Å². The standard InChI is InChI=1S/C23H37NO2Si.CO2/c1-19-18-25-22(24-19)21(26-27(5,6)23(2,3)4)17-13-8-7-10-14-20-15-11-9-12-16-20;2-1-3/h9,11-12,15-16,18,21H,7-8,10,13-14,17H2,1-6H3;. The molecule has 0 aliphatic heterocycles. The molecule has 0 spiro atoms. The van der Waals surface area contributed by atoms with Gasteiger partial charge in [-0.25, -0.2) is 4.98 Å². The van der Waals surface area contributed by atoms with Gasteiger partial charge in [0.15, 0.2) is 8.32 Å². The fourth-order valence-corrected chi connectivity index (χ4v) is 4.23. The number of aryl methyl sites for hydroxylation is 2. The molecule has 0 amide bonds. The molecule has 166 valence electrons. The van der Waals surface area contributed by atoms with Crippen LogP contribution in [0.5, 0.6) is 0 Å². The van der Waals surface area contributed by atoms with Crippen molar-refractivity contribution in [1.29, 1.82) is 0 Å². The van der Waals surface area contributed by atoms with E-state index in [4.69, 9.17) is 18.4 Å². The van der Waals surface area contributed by atoms with Gasteiger partial charge in [-0.2, -0.15) is 9.59 Å². The van der Waals surface area contributed by atoms with Crippen molar-refractivity contribution in [3.8, 4) is 0 Å². The fraction of sp³-hybridized carbons (Fsp3) is 0.583. The SMILES string of the molecule is Cc1coc(C(CCCCCCc2ccccc2)O[Si](C)(C)C(C)(C)C)n1.O=C=O. The van der Waals surface area contributed by atoms with Crippen LogP contribution in [-0.2, 0) is 20.4 Å². The first-order valence-electron chi connectivity index (χ1n) is 10.7. The van der Waals surface area contributed by atoms with Gasteiger partial charge in [0.25, 0.3) is 0 Å². The fourth-order valence-electron chi connectivity index (χ4n) is 2.94. The number of aromatic nitrogens is 1.